The number of carbonyl (C=O) groups excluding carboxylic acids is 1. The van der Waals surface area contributed by atoms with Gasteiger partial charge in [-0.3, -0.25) is 4.79 Å². The molecule has 0 unspecified atom stereocenters. The third-order valence-corrected chi connectivity index (χ3v) is 2.48. The summed E-state index contributed by atoms with van der Waals surface area (Å²) in [5, 5.41) is 8.50. The zero-order chi connectivity index (χ0) is 10.6. The molecule has 4 nitrogen and oxygen atoms in total. The highest BCUT2D eigenvalue weighted by molar-refractivity contribution is 7.99. The van der Waals surface area contributed by atoms with Gasteiger partial charge in [-0.15, -0.1) is 0 Å². The van der Waals surface area contributed by atoms with E-state index in [1.54, 1.807) is 11.8 Å². The number of nitrogens with one attached hydrogen (secondary N) is 1. The molecule has 0 fully saturated rings. The molecule has 1 amide bonds. The van der Waals surface area contributed by atoms with Crippen molar-refractivity contribution in [1.29, 1.82) is 1.12 Å². The van der Waals surface area contributed by atoms with Crippen molar-refractivity contribution in [3.05, 3.63) is 0 Å². The SMILES string of the molecule is [3H]SONC(=O)CCSCCCCO. The number of carbonyl (C=O) groups is 1. The van der Waals surface area contributed by atoms with Crippen molar-refractivity contribution in [2.45, 2.75) is 19.3 Å². The average Bonchev–Trinajstić information content (AvgIpc) is 2.20. The molecule has 0 aliphatic rings. The maximum absolute atomic E-state index is 10.9. The molecule has 0 heterocycles. The lowest BCUT2D eigenvalue weighted by Gasteiger charge is -2.00. The van der Waals surface area contributed by atoms with Gasteiger partial charge in [-0.2, -0.15) is 11.8 Å². The Morgan fingerprint density at radius 1 is 1.62 bits per heavy atom. The molecule has 0 saturated carbocycles. The van der Waals surface area contributed by atoms with Crippen LogP contribution in [0.5, 0.6) is 0 Å². The van der Waals surface area contributed by atoms with Crippen molar-refractivity contribution < 1.29 is 14.2 Å². The highest BCUT2D eigenvalue weighted by Gasteiger charge is 1.99. The van der Waals surface area contributed by atoms with Gasteiger partial charge in [-0.25, -0.2) is 9.76 Å². The summed E-state index contributed by atoms with van der Waals surface area (Å²) in [6.07, 6.45) is 2.18. The lowest BCUT2D eigenvalue weighted by Crippen LogP contribution is -2.20. The molecule has 0 aliphatic carbocycles. The van der Waals surface area contributed by atoms with Crippen molar-refractivity contribution in [1.82, 2.24) is 5.48 Å². The summed E-state index contributed by atoms with van der Waals surface area (Å²) in [6, 6.07) is 0. The highest BCUT2D eigenvalue weighted by atomic mass is 32.2. The fourth-order valence-electron chi connectivity index (χ4n) is 0.680. The second kappa shape index (κ2) is 10.2. The average molecular weight is 227 g/mol. The summed E-state index contributed by atoms with van der Waals surface area (Å²) < 4.78 is 10.9. The molecule has 0 bridgehead atoms. The Labute approximate surface area is 89.1 Å². The van der Waals surface area contributed by atoms with E-state index in [-0.39, 0.29) is 12.5 Å². The monoisotopic (exact) mass is 227 g/mol. The molecule has 0 aliphatic heterocycles. The van der Waals surface area contributed by atoms with Crippen molar-refractivity contribution in [2.75, 3.05) is 18.1 Å². The van der Waals surface area contributed by atoms with E-state index in [1.165, 1.54) is 0 Å². The Balaban J connectivity index is 3.07. The molecule has 0 saturated heterocycles. The number of thioether (sulfide) groups is 1. The Morgan fingerprint density at radius 3 is 3.15 bits per heavy atom. The van der Waals surface area contributed by atoms with Gasteiger partial charge in [0.05, 0.1) is 0 Å². The Hall–Kier alpha value is 0.0900. The van der Waals surface area contributed by atoms with E-state index in [9.17, 15) is 4.79 Å². The molecule has 2 N–H and O–H groups in total. The second-order valence-corrected chi connectivity index (χ2v) is 3.79. The molecular formula is C7H15NO3S2. The zero-order valence-corrected chi connectivity index (χ0v) is 8.96. The minimum absolute atomic E-state index is 0.209. The van der Waals surface area contributed by atoms with Crippen molar-refractivity contribution in [3.63, 3.8) is 0 Å². The molecule has 0 radical (unpaired) electrons. The van der Waals surface area contributed by atoms with E-state index in [1.807, 2.05) is 0 Å². The number of hydrogen-bond donors (Lipinski definition) is 3. The van der Waals surface area contributed by atoms with Crippen LogP contribution in [0.15, 0.2) is 0 Å². The fourth-order valence-corrected chi connectivity index (χ4v) is 1.72. The van der Waals surface area contributed by atoms with Crippen LogP contribution in [0.2, 0.25) is 0 Å². The van der Waals surface area contributed by atoms with Crippen LogP contribution in [-0.4, -0.2) is 30.3 Å². The predicted molar refractivity (Wildman–Crippen MR) is 56.5 cm³/mol. The molecule has 0 aromatic rings. The summed E-state index contributed by atoms with van der Waals surface area (Å²) in [7, 11) is 0. The van der Waals surface area contributed by atoms with Crippen molar-refractivity contribution >= 4 is 30.5 Å². The maximum Gasteiger partial charge on any atom is 0.245 e. The zero-order valence-electron chi connectivity index (χ0n) is 8.32. The molecule has 78 valence electrons. The summed E-state index contributed by atoms with van der Waals surface area (Å²) in [4.78, 5) is 10.9. The number of rotatable bonds is 9. The number of hydrogen-bond acceptors (Lipinski definition) is 5. The Morgan fingerprint density at radius 2 is 2.46 bits per heavy atom. The number of hydroxylamine groups is 1. The highest BCUT2D eigenvalue weighted by Crippen LogP contribution is 2.05. The van der Waals surface area contributed by atoms with Crippen molar-refractivity contribution in [2.24, 2.45) is 0 Å². The number of amides is 1. The minimum Gasteiger partial charge on any atom is -0.396 e. The Bertz CT molecular complexity index is 151. The van der Waals surface area contributed by atoms with E-state index in [2.05, 4.69) is 9.76 Å². The van der Waals surface area contributed by atoms with Crippen LogP contribution in [0.4, 0.5) is 0 Å². The van der Waals surface area contributed by atoms with E-state index >= 15 is 0 Å². The van der Waals surface area contributed by atoms with Crippen LogP contribution in [0.1, 0.15) is 19.3 Å². The molecule has 0 atom stereocenters. The largest absolute Gasteiger partial charge is 0.396 e. The Kier molecular flexibility index (Phi) is 8.74. The molecule has 6 heteroatoms. The van der Waals surface area contributed by atoms with Crippen molar-refractivity contribution in [3.8, 4) is 0 Å². The standard InChI is InChI=1S/C7H15NO3S2/c9-4-1-2-5-13-6-3-7(10)8-11-12/h9,12H,1-6H2,(H,8,10)/i/hT. The summed E-state index contributed by atoms with van der Waals surface area (Å²) in [5.74, 6) is 1.49. The van der Waals surface area contributed by atoms with Crippen LogP contribution in [0.25, 0.3) is 0 Å². The third-order valence-electron chi connectivity index (χ3n) is 1.33. The van der Waals surface area contributed by atoms with Gasteiger partial charge in [-0.1, -0.05) is 0 Å². The molecule has 0 aromatic carbocycles. The van der Waals surface area contributed by atoms with E-state index < -0.39 is 0 Å². The first kappa shape index (κ1) is 11.2. The van der Waals surface area contributed by atoms with Crippen LogP contribution in [-0.2, 0) is 9.08 Å². The topological polar surface area (TPSA) is 58.6 Å². The first-order valence-electron chi connectivity index (χ1n) is 4.48. The van der Waals surface area contributed by atoms with E-state index in [4.69, 9.17) is 6.23 Å². The molecule has 0 spiro atoms. The van der Waals surface area contributed by atoms with Crippen LogP contribution in [0, 0.1) is 0 Å². The lowest BCUT2D eigenvalue weighted by atomic mass is 10.4. The normalized spacial score (nSPS) is 11.0. The predicted octanol–water partition coefficient (Wildman–Crippen LogP) is 0.775. The summed E-state index contributed by atoms with van der Waals surface area (Å²) >= 11 is 2.04. The van der Waals surface area contributed by atoms with Crippen LogP contribution < -0.4 is 5.48 Å². The van der Waals surface area contributed by atoms with Gasteiger partial charge in [0.15, 0.2) is 0 Å². The van der Waals surface area contributed by atoms with Crippen LogP contribution in [0.3, 0.4) is 0 Å². The van der Waals surface area contributed by atoms with Gasteiger partial charge >= 0.3 is 0 Å². The van der Waals surface area contributed by atoms with E-state index in [0.29, 0.717) is 19.2 Å². The van der Waals surface area contributed by atoms with Gasteiger partial charge in [0.2, 0.25) is 5.91 Å². The number of thiol groups is 1. The van der Waals surface area contributed by atoms with Crippen LogP contribution >= 0.6 is 24.6 Å². The smallest absolute Gasteiger partial charge is 0.245 e. The molecule has 0 rings (SSSR count). The molecular weight excluding hydrogens is 210 g/mol. The quantitative estimate of drug-likeness (QED) is 0.236. The van der Waals surface area contributed by atoms with E-state index in [0.717, 1.165) is 24.3 Å². The summed E-state index contributed by atoms with van der Waals surface area (Å²) in [6.45, 7) is 0.232. The number of aliphatic hydroxyl groups excluding tert-OH is 1. The molecule has 0 aromatic heterocycles. The lowest BCUT2D eigenvalue weighted by molar-refractivity contribution is -0.126. The minimum atomic E-state index is -0.209. The van der Waals surface area contributed by atoms with Gasteiger partial charge in [0.25, 0.3) is 0 Å². The second-order valence-electron chi connectivity index (χ2n) is 2.40. The summed E-state index contributed by atoms with van der Waals surface area (Å²) in [5.41, 5.74) is 2.12. The van der Waals surface area contributed by atoms with Gasteiger partial charge in [-0.05, 0) is 18.6 Å². The number of unbranched alkanes of at least 4 members (excludes halogenated alkanes) is 1. The fraction of sp³-hybridized carbons (Fsp3) is 0.857. The van der Waals surface area contributed by atoms with Gasteiger partial charge < -0.3 is 5.11 Å². The first-order valence-corrected chi connectivity index (χ1v) is 5.56. The number of aliphatic hydroxyl groups is 1. The van der Waals surface area contributed by atoms with Gasteiger partial charge in [0.1, 0.15) is 1.12 Å². The maximum atomic E-state index is 10.9. The first-order chi connectivity index (χ1) is 6.81. The third kappa shape index (κ3) is 10.0. The molecule has 13 heavy (non-hydrogen) atoms. The van der Waals surface area contributed by atoms with Gasteiger partial charge in [0, 0.05) is 31.6 Å².